The molecule has 2 rings (SSSR count). The Morgan fingerprint density at radius 3 is 2.77 bits per heavy atom. The summed E-state index contributed by atoms with van der Waals surface area (Å²) in [5, 5.41) is 6.79. The quantitative estimate of drug-likeness (QED) is 0.625. The molecule has 0 spiro atoms. The number of aliphatic imine (C=N–C) groups is 1. The number of hydrogen-bond acceptors (Lipinski definition) is 2. The molecule has 22 heavy (non-hydrogen) atoms. The van der Waals surface area contributed by atoms with Crippen LogP contribution >= 0.6 is 0 Å². The second-order valence-electron chi connectivity index (χ2n) is 6.44. The summed E-state index contributed by atoms with van der Waals surface area (Å²) in [6.07, 6.45) is 2.43. The first-order valence-corrected chi connectivity index (χ1v) is 8.41. The van der Waals surface area contributed by atoms with Crippen LogP contribution < -0.4 is 10.6 Å². The number of guanidine groups is 1. The minimum Gasteiger partial charge on any atom is -0.356 e. The average Bonchev–Trinajstić information content (AvgIpc) is 2.98. The summed E-state index contributed by atoms with van der Waals surface area (Å²) in [7, 11) is 1.83. The molecule has 2 N–H and O–H groups in total. The molecular formula is C18H30N4. The SMILES string of the molecule is CN=C(NCC1CCN(CCc2ccccc2)C1)NC(C)C. The van der Waals surface area contributed by atoms with Crippen molar-refractivity contribution in [2.75, 3.05) is 33.2 Å². The maximum Gasteiger partial charge on any atom is 0.191 e. The van der Waals surface area contributed by atoms with E-state index in [4.69, 9.17) is 0 Å². The predicted octanol–water partition coefficient (Wildman–Crippen LogP) is 2.12. The van der Waals surface area contributed by atoms with E-state index < -0.39 is 0 Å². The highest BCUT2D eigenvalue weighted by molar-refractivity contribution is 5.79. The van der Waals surface area contributed by atoms with Gasteiger partial charge in [0, 0.05) is 32.7 Å². The van der Waals surface area contributed by atoms with E-state index in [0.29, 0.717) is 6.04 Å². The van der Waals surface area contributed by atoms with Crippen LogP contribution in [0.3, 0.4) is 0 Å². The highest BCUT2D eigenvalue weighted by atomic mass is 15.2. The number of hydrogen-bond donors (Lipinski definition) is 2. The van der Waals surface area contributed by atoms with Gasteiger partial charge in [0.25, 0.3) is 0 Å². The van der Waals surface area contributed by atoms with Gasteiger partial charge in [0.1, 0.15) is 0 Å². The van der Waals surface area contributed by atoms with Crippen molar-refractivity contribution in [1.82, 2.24) is 15.5 Å². The van der Waals surface area contributed by atoms with Crippen molar-refractivity contribution in [3.8, 4) is 0 Å². The average molecular weight is 302 g/mol. The number of rotatable bonds is 6. The Morgan fingerprint density at radius 2 is 2.09 bits per heavy atom. The summed E-state index contributed by atoms with van der Waals surface area (Å²) >= 11 is 0. The number of nitrogens with one attached hydrogen (secondary N) is 2. The minimum absolute atomic E-state index is 0.414. The van der Waals surface area contributed by atoms with Gasteiger partial charge in [0.15, 0.2) is 5.96 Å². The third-order valence-electron chi connectivity index (χ3n) is 4.14. The fraction of sp³-hybridized carbons (Fsp3) is 0.611. The van der Waals surface area contributed by atoms with Crippen molar-refractivity contribution >= 4 is 5.96 Å². The lowest BCUT2D eigenvalue weighted by atomic mass is 10.1. The molecule has 1 aromatic rings. The zero-order valence-electron chi connectivity index (χ0n) is 14.2. The Hall–Kier alpha value is -1.55. The Kier molecular flexibility index (Phi) is 6.72. The first kappa shape index (κ1) is 16.8. The molecule has 1 aliphatic heterocycles. The number of benzene rings is 1. The molecule has 1 atom stereocenters. The molecule has 0 aliphatic carbocycles. The molecular weight excluding hydrogens is 272 g/mol. The van der Waals surface area contributed by atoms with Gasteiger partial charge >= 0.3 is 0 Å². The maximum atomic E-state index is 4.27. The van der Waals surface area contributed by atoms with E-state index in [-0.39, 0.29) is 0 Å². The summed E-state index contributed by atoms with van der Waals surface area (Å²) in [6.45, 7) is 8.85. The molecule has 1 saturated heterocycles. The van der Waals surface area contributed by atoms with Gasteiger partial charge in [-0.05, 0) is 44.7 Å². The molecule has 1 unspecified atom stereocenters. The number of likely N-dealkylation sites (tertiary alicyclic amines) is 1. The van der Waals surface area contributed by atoms with Gasteiger partial charge in [-0.2, -0.15) is 0 Å². The molecule has 0 bridgehead atoms. The van der Waals surface area contributed by atoms with Crippen LogP contribution in [0.25, 0.3) is 0 Å². The lowest BCUT2D eigenvalue weighted by Gasteiger charge is -2.18. The molecule has 0 amide bonds. The topological polar surface area (TPSA) is 39.7 Å². The molecule has 0 saturated carbocycles. The van der Waals surface area contributed by atoms with Crippen LogP contribution in [0, 0.1) is 5.92 Å². The van der Waals surface area contributed by atoms with Crippen molar-refractivity contribution in [2.45, 2.75) is 32.7 Å². The summed E-state index contributed by atoms with van der Waals surface area (Å²) < 4.78 is 0. The summed E-state index contributed by atoms with van der Waals surface area (Å²) in [5.41, 5.74) is 1.44. The van der Waals surface area contributed by atoms with Gasteiger partial charge in [-0.3, -0.25) is 4.99 Å². The molecule has 1 aliphatic rings. The van der Waals surface area contributed by atoms with Crippen LogP contribution in [-0.4, -0.2) is 50.1 Å². The first-order chi connectivity index (χ1) is 10.7. The Morgan fingerprint density at radius 1 is 1.32 bits per heavy atom. The predicted molar refractivity (Wildman–Crippen MR) is 94.3 cm³/mol. The van der Waals surface area contributed by atoms with Crippen molar-refractivity contribution in [3.05, 3.63) is 35.9 Å². The van der Waals surface area contributed by atoms with E-state index in [0.717, 1.165) is 24.8 Å². The van der Waals surface area contributed by atoms with Crippen molar-refractivity contribution < 1.29 is 0 Å². The summed E-state index contributed by atoms with van der Waals surface area (Å²) in [5.74, 6) is 1.64. The van der Waals surface area contributed by atoms with Gasteiger partial charge in [-0.25, -0.2) is 0 Å². The molecule has 0 aromatic heterocycles. The van der Waals surface area contributed by atoms with Gasteiger partial charge in [0.05, 0.1) is 0 Å². The first-order valence-electron chi connectivity index (χ1n) is 8.41. The van der Waals surface area contributed by atoms with Crippen LogP contribution in [0.15, 0.2) is 35.3 Å². The van der Waals surface area contributed by atoms with Crippen LogP contribution in [0.1, 0.15) is 25.8 Å². The highest BCUT2D eigenvalue weighted by Crippen LogP contribution is 2.15. The van der Waals surface area contributed by atoms with Crippen molar-refractivity contribution in [3.63, 3.8) is 0 Å². The standard InChI is InChI=1S/C18H30N4/c1-15(2)21-18(19-3)20-13-17-10-12-22(14-17)11-9-16-7-5-4-6-8-16/h4-8,15,17H,9-14H2,1-3H3,(H2,19,20,21). The Balaban J connectivity index is 1.67. The van der Waals surface area contributed by atoms with Crippen molar-refractivity contribution in [2.24, 2.45) is 10.9 Å². The van der Waals surface area contributed by atoms with E-state index in [9.17, 15) is 0 Å². The lowest BCUT2D eigenvalue weighted by molar-refractivity contribution is 0.328. The lowest BCUT2D eigenvalue weighted by Crippen LogP contribution is -2.43. The maximum absolute atomic E-state index is 4.27. The summed E-state index contributed by atoms with van der Waals surface area (Å²) in [4.78, 5) is 6.85. The molecule has 4 nitrogen and oxygen atoms in total. The molecule has 0 radical (unpaired) electrons. The normalized spacial score (nSPS) is 19.6. The van der Waals surface area contributed by atoms with Gasteiger partial charge in [-0.15, -0.1) is 0 Å². The summed E-state index contributed by atoms with van der Waals surface area (Å²) in [6, 6.07) is 11.2. The number of nitrogens with zero attached hydrogens (tertiary/aromatic N) is 2. The van der Waals surface area contributed by atoms with E-state index in [2.05, 4.69) is 64.7 Å². The van der Waals surface area contributed by atoms with Gasteiger partial charge < -0.3 is 15.5 Å². The van der Waals surface area contributed by atoms with Crippen LogP contribution in [0.4, 0.5) is 0 Å². The minimum atomic E-state index is 0.414. The van der Waals surface area contributed by atoms with E-state index in [1.165, 1.54) is 31.6 Å². The van der Waals surface area contributed by atoms with E-state index in [1.807, 2.05) is 7.05 Å². The highest BCUT2D eigenvalue weighted by Gasteiger charge is 2.22. The second-order valence-corrected chi connectivity index (χ2v) is 6.44. The fourth-order valence-corrected chi connectivity index (χ4v) is 2.92. The molecule has 1 aromatic carbocycles. The smallest absolute Gasteiger partial charge is 0.191 e. The van der Waals surface area contributed by atoms with Crippen molar-refractivity contribution in [1.29, 1.82) is 0 Å². The van der Waals surface area contributed by atoms with Crippen LogP contribution in [-0.2, 0) is 6.42 Å². The molecule has 4 heteroatoms. The Bertz CT molecular complexity index is 455. The van der Waals surface area contributed by atoms with Gasteiger partial charge in [-0.1, -0.05) is 30.3 Å². The second kappa shape index (κ2) is 8.79. The zero-order chi connectivity index (χ0) is 15.8. The Labute approximate surface area is 135 Å². The third kappa shape index (κ3) is 5.68. The zero-order valence-corrected chi connectivity index (χ0v) is 14.2. The van der Waals surface area contributed by atoms with Gasteiger partial charge in [0.2, 0.25) is 0 Å². The molecule has 1 fully saturated rings. The van der Waals surface area contributed by atoms with Crippen LogP contribution in [0.5, 0.6) is 0 Å². The fourth-order valence-electron chi connectivity index (χ4n) is 2.92. The van der Waals surface area contributed by atoms with E-state index in [1.54, 1.807) is 0 Å². The third-order valence-corrected chi connectivity index (χ3v) is 4.14. The largest absolute Gasteiger partial charge is 0.356 e. The van der Waals surface area contributed by atoms with E-state index >= 15 is 0 Å². The van der Waals surface area contributed by atoms with Crippen LogP contribution in [0.2, 0.25) is 0 Å². The monoisotopic (exact) mass is 302 g/mol. The molecule has 1 heterocycles. The molecule has 122 valence electrons.